The summed E-state index contributed by atoms with van der Waals surface area (Å²) < 4.78 is 0. The fourth-order valence-electron chi connectivity index (χ4n) is 3.00. The Morgan fingerprint density at radius 2 is 2.13 bits per heavy atom. The summed E-state index contributed by atoms with van der Waals surface area (Å²) in [5.74, 6) is 1.13. The molecule has 2 saturated heterocycles. The highest BCUT2D eigenvalue weighted by molar-refractivity contribution is 5.78. The van der Waals surface area contributed by atoms with E-state index in [0.29, 0.717) is 18.0 Å². The van der Waals surface area contributed by atoms with Crippen LogP contribution in [0, 0.1) is 5.92 Å². The van der Waals surface area contributed by atoms with Crippen molar-refractivity contribution in [2.24, 2.45) is 5.92 Å². The van der Waals surface area contributed by atoms with Gasteiger partial charge in [-0.2, -0.15) is 0 Å². The van der Waals surface area contributed by atoms with Gasteiger partial charge in [0.1, 0.15) is 0 Å². The summed E-state index contributed by atoms with van der Waals surface area (Å²) >= 11 is 0. The van der Waals surface area contributed by atoms with E-state index in [1.165, 1.54) is 12.8 Å². The lowest BCUT2D eigenvalue weighted by Crippen LogP contribution is -2.47. The summed E-state index contributed by atoms with van der Waals surface area (Å²) in [6.07, 6.45) is 4.49. The summed E-state index contributed by atoms with van der Waals surface area (Å²) in [5.41, 5.74) is 0. The van der Waals surface area contributed by atoms with E-state index in [1.54, 1.807) is 0 Å². The van der Waals surface area contributed by atoms with Crippen molar-refractivity contribution < 1.29 is 4.79 Å². The zero-order valence-electron chi connectivity index (χ0n) is 9.28. The first kappa shape index (κ1) is 9.60. The van der Waals surface area contributed by atoms with Crippen molar-refractivity contribution >= 4 is 5.91 Å². The smallest absolute Gasteiger partial charge is 0.238 e. The van der Waals surface area contributed by atoms with Crippen LogP contribution in [0.4, 0.5) is 0 Å². The summed E-state index contributed by atoms with van der Waals surface area (Å²) in [6.45, 7) is 2.02. The normalized spacial score (nSPS) is 37.9. The molecule has 0 aromatic carbocycles. The van der Waals surface area contributed by atoms with E-state index in [9.17, 15) is 4.79 Å². The van der Waals surface area contributed by atoms with Crippen LogP contribution in [0.1, 0.15) is 25.7 Å². The number of amides is 1. The molecule has 2 aliphatic heterocycles. The van der Waals surface area contributed by atoms with Crippen LogP contribution in [-0.4, -0.2) is 48.1 Å². The van der Waals surface area contributed by atoms with E-state index in [-0.39, 0.29) is 0 Å². The predicted molar refractivity (Wildman–Crippen MR) is 57.0 cm³/mol. The lowest BCUT2D eigenvalue weighted by Gasteiger charge is -2.32. The number of nitrogens with zero attached hydrogens (tertiary/aromatic N) is 2. The number of carbonyl (C=O) groups is 1. The first-order valence-corrected chi connectivity index (χ1v) is 6.03. The zero-order valence-corrected chi connectivity index (χ0v) is 9.28. The third-order valence-corrected chi connectivity index (χ3v) is 4.01. The van der Waals surface area contributed by atoms with Crippen LogP contribution >= 0.6 is 0 Å². The Labute approximate surface area is 90.6 Å². The van der Waals surface area contributed by atoms with Gasteiger partial charge in [-0.15, -0.1) is 0 Å². The molecule has 84 valence electrons. The Balaban J connectivity index is 1.73. The SMILES string of the molecule is CN1C(C2CC2)CC(=O)N1C1CCNC1. The Bertz CT molecular complexity index is 271. The van der Waals surface area contributed by atoms with Crippen molar-refractivity contribution in [3.8, 4) is 0 Å². The maximum Gasteiger partial charge on any atom is 0.238 e. The molecular formula is C11H19N3O. The molecule has 0 radical (unpaired) electrons. The number of hydrogen-bond acceptors (Lipinski definition) is 3. The second-order valence-electron chi connectivity index (χ2n) is 5.07. The molecule has 15 heavy (non-hydrogen) atoms. The number of carbonyl (C=O) groups excluding carboxylic acids is 1. The van der Waals surface area contributed by atoms with Crippen molar-refractivity contribution in [1.29, 1.82) is 0 Å². The first-order chi connectivity index (χ1) is 7.27. The van der Waals surface area contributed by atoms with Gasteiger partial charge >= 0.3 is 0 Å². The van der Waals surface area contributed by atoms with Crippen molar-refractivity contribution in [3.63, 3.8) is 0 Å². The molecule has 4 heteroatoms. The van der Waals surface area contributed by atoms with Crippen LogP contribution in [0.2, 0.25) is 0 Å². The van der Waals surface area contributed by atoms with Crippen LogP contribution < -0.4 is 5.32 Å². The maximum absolute atomic E-state index is 12.0. The quantitative estimate of drug-likeness (QED) is 0.706. The van der Waals surface area contributed by atoms with E-state index in [0.717, 1.165) is 31.8 Å². The van der Waals surface area contributed by atoms with Gasteiger partial charge in [0.25, 0.3) is 0 Å². The number of rotatable bonds is 2. The van der Waals surface area contributed by atoms with Gasteiger partial charge in [0, 0.05) is 26.1 Å². The Hall–Kier alpha value is -0.610. The van der Waals surface area contributed by atoms with E-state index in [4.69, 9.17) is 0 Å². The van der Waals surface area contributed by atoms with Gasteiger partial charge in [-0.1, -0.05) is 0 Å². The molecule has 1 amide bonds. The summed E-state index contributed by atoms with van der Waals surface area (Å²) in [5, 5.41) is 7.57. The summed E-state index contributed by atoms with van der Waals surface area (Å²) in [7, 11) is 2.09. The molecule has 3 fully saturated rings. The van der Waals surface area contributed by atoms with Gasteiger partial charge in [0.2, 0.25) is 5.91 Å². The van der Waals surface area contributed by atoms with Crippen molar-refractivity contribution in [3.05, 3.63) is 0 Å². The van der Waals surface area contributed by atoms with E-state index >= 15 is 0 Å². The highest BCUT2D eigenvalue weighted by atomic mass is 16.2. The number of hydrogen-bond donors (Lipinski definition) is 1. The van der Waals surface area contributed by atoms with Crippen LogP contribution in [0.3, 0.4) is 0 Å². The second kappa shape index (κ2) is 3.46. The lowest BCUT2D eigenvalue weighted by atomic mass is 10.1. The largest absolute Gasteiger partial charge is 0.315 e. The van der Waals surface area contributed by atoms with Gasteiger partial charge in [-0.05, 0) is 31.7 Å². The minimum absolute atomic E-state index is 0.336. The average molecular weight is 209 g/mol. The molecular weight excluding hydrogens is 190 g/mol. The Morgan fingerprint density at radius 3 is 2.73 bits per heavy atom. The third-order valence-electron chi connectivity index (χ3n) is 4.01. The van der Waals surface area contributed by atoms with Gasteiger partial charge in [-0.3, -0.25) is 9.80 Å². The molecule has 3 rings (SSSR count). The minimum Gasteiger partial charge on any atom is -0.315 e. The summed E-state index contributed by atoms with van der Waals surface area (Å²) in [4.78, 5) is 12.0. The second-order valence-corrected chi connectivity index (χ2v) is 5.07. The van der Waals surface area contributed by atoms with Crippen LogP contribution in [0.15, 0.2) is 0 Å². The molecule has 0 aromatic rings. The molecule has 1 aliphatic carbocycles. The van der Waals surface area contributed by atoms with Gasteiger partial charge < -0.3 is 5.32 Å². The third kappa shape index (κ3) is 1.56. The first-order valence-electron chi connectivity index (χ1n) is 6.03. The topological polar surface area (TPSA) is 35.6 Å². The fraction of sp³-hybridized carbons (Fsp3) is 0.909. The highest BCUT2D eigenvalue weighted by Crippen LogP contribution is 2.40. The lowest BCUT2D eigenvalue weighted by molar-refractivity contribution is -0.141. The zero-order chi connectivity index (χ0) is 10.4. The van der Waals surface area contributed by atoms with Gasteiger partial charge in [-0.25, -0.2) is 5.01 Å². The van der Waals surface area contributed by atoms with Crippen LogP contribution in [0.5, 0.6) is 0 Å². The van der Waals surface area contributed by atoms with Crippen LogP contribution in [-0.2, 0) is 4.79 Å². The van der Waals surface area contributed by atoms with Gasteiger partial charge in [0.05, 0.1) is 6.04 Å². The summed E-state index contributed by atoms with van der Waals surface area (Å²) in [6, 6.07) is 0.907. The van der Waals surface area contributed by atoms with Crippen molar-refractivity contribution in [2.45, 2.75) is 37.8 Å². The average Bonchev–Trinajstić information content (AvgIpc) is 2.83. The molecule has 1 saturated carbocycles. The molecule has 0 spiro atoms. The monoisotopic (exact) mass is 209 g/mol. The molecule has 0 bridgehead atoms. The van der Waals surface area contributed by atoms with E-state index in [1.807, 2.05) is 5.01 Å². The molecule has 0 aromatic heterocycles. The molecule has 1 N–H and O–H groups in total. The highest BCUT2D eigenvalue weighted by Gasteiger charge is 2.46. The van der Waals surface area contributed by atoms with Crippen molar-refractivity contribution in [1.82, 2.24) is 15.3 Å². The number of hydrazine groups is 1. The molecule has 3 aliphatic rings. The number of nitrogens with one attached hydrogen (secondary N) is 1. The van der Waals surface area contributed by atoms with Crippen molar-refractivity contribution in [2.75, 3.05) is 20.1 Å². The molecule has 2 atom stereocenters. The van der Waals surface area contributed by atoms with Gasteiger partial charge in [0.15, 0.2) is 0 Å². The fourth-order valence-corrected chi connectivity index (χ4v) is 3.00. The minimum atomic E-state index is 0.336. The Morgan fingerprint density at radius 1 is 1.33 bits per heavy atom. The standard InChI is InChI=1S/C11H19N3O/c1-13-10(8-2-3-8)6-11(15)14(13)9-4-5-12-7-9/h8-10,12H,2-7H2,1H3. The maximum atomic E-state index is 12.0. The predicted octanol–water partition coefficient (Wildman–Crippen LogP) is 0.206. The molecule has 2 unspecified atom stereocenters. The van der Waals surface area contributed by atoms with Crippen LogP contribution in [0.25, 0.3) is 0 Å². The van der Waals surface area contributed by atoms with E-state index < -0.39 is 0 Å². The Kier molecular flexibility index (Phi) is 2.21. The molecule has 2 heterocycles. The molecule has 4 nitrogen and oxygen atoms in total. The van der Waals surface area contributed by atoms with E-state index in [2.05, 4.69) is 17.4 Å².